The molecule has 0 fully saturated rings. The summed E-state index contributed by atoms with van der Waals surface area (Å²) in [6.45, 7) is 3.29. The monoisotopic (exact) mass is 193 g/mol. The molecule has 0 bridgehead atoms. The van der Waals surface area contributed by atoms with Crippen molar-refractivity contribution >= 4 is 5.69 Å². The fourth-order valence-corrected chi connectivity index (χ4v) is 1.44. The first-order chi connectivity index (χ1) is 6.74. The van der Waals surface area contributed by atoms with Crippen LogP contribution in [0.1, 0.15) is 26.2 Å². The molecule has 78 valence electrons. The van der Waals surface area contributed by atoms with Gasteiger partial charge in [0.25, 0.3) is 0 Å². The van der Waals surface area contributed by atoms with Gasteiger partial charge in [-0.2, -0.15) is 0 Å². The molecule has 2 heteroatoms. The van der Waals surface area contributed by atoms with Gasteiger partial charge < -0.3 is 10.0 Å². The molecule has 1 aromatic carbocycles. The van der Waals surface area contributed by atoms with E-state index in [-0.39, 0.29) is 0 Å². The minimum absolute atomic E-state index is 0.329. The lowest BCUT2D eigenvalue weighted by molar-refractivity contribution is 0.475. The van der Waals surface area contributed by atoms with E-state index in [2.05, 4.69) is 18.9 Å². The van der Waals surface area contributed by atoms with Crippen LogP contribution in [0.3, 0.4) is 0 Å². The molecule has 0 spiro atoms. The zero-order valence-corrected chi connectivity index (χ0v) is 9.03. The maximum absolute atomic E-state index is 9.13. The number of phenolic OH excluding ortho intramolecular Hbond substituents is 1. The van der Waals surface area contributed by atoms with Crippen molar-refractivity contribution in [3.63, 3.8) is 0 Å². The third kappa shape index (κ3) is 3.29. The van der Waals surface area contributed by atoms with Gasteiger partial charge in [-0.1, -0.05) is 19.8 Å². The van der Waals surface area contributed by atoms with Crippen LogP contribution in [0.4, 0.5) is 5.69 Å². The lowest BCUT2D eigenvalue weighted by Crippen LogP contribution is -2.18. The van der Waals surface area contributed by atoms with Crippen LogP contribution in [0.2, 0.25) is 0 Å². The normalized spacial score (nSPS) is 10.1. The van der Waals surface area contributed by atoms with Gasteiger partial charge in [-0.05, 0) is 30.7 Å². The highest BCUT2D eigenvalue weighted by molar-refractivity contribution is 5.47. The molecule has 0 aromatic heterocycles. The minimum atomic E-state index is 0.329. The van der Waals surface area contributed by atoms with E-state index in [4.69, 9.17) is 5.11 Å². The van der Waals surface area contributed by atoms with E-state index in [0.29, 0.717) is 5.75 Å². The van der Waals surface area contributed by atoms with Gasteiger partial charge in [-0.25, -0.2) is 0 Å². The van der Waals surface area contributed by atoms with E-state index in [9.17, 15) is 0 Å². The van der Waals surface area contributed by atoms with Crippen molar-refractivity contribution in [3.8, 4) is 5.75 Å². The molecule has 2 nitrogen and oxygen atoms in total. The molecule has 1 aromatic rings. The first-order valence-corrected chi connectivity index (χ1v) is 5.24. The molecule has 0 unspecified atom stereocenters. The van der Waals surface area contributed by atoms with E-state index in [0.717, 1.165) is 6.54 Å². The van der Waals surface area contributed by atoms with Crippen molar-refractivity contribution in [3.05, 3.63) is 24.3 Å². The molecule has 0 radical (unpaired) electrons. The summed E-state index contributed by atoms with van der Waals surface area (Å²) in [4.78, 5) is 2.22. The number of aromatic hydroxyl groups is 1. The van der Waals surface area contributed by atoms with Crippen molar-refractivity contribution in [2.75, 3.05) is 18.5 Å². The predicted octanol–water partition coefficient (Wildman–Crippen LogP) is 3.02. The van der Waals surface area contributed by atoms with E-state index < -0.39 is 0 Å². The van der Waals surface area contributed by atoms with Gasteiger partial charge in [0, 0.05) is 19.3 Å². The van der Waals surface area contributed by atoms with Gasteiger partial charge >= 0.3 is 0 Å². The molecule has 0 aliphatic rings. The standard InChI is InChI=1S/C12H19NO/c1-3-4-5-10-13(2)11-6-8-12(14)9-7-11/h6-9,14H,3-5,10H2,1-2H3. The molecule has 0 aliphatic carbocycles. The average Bonchev–Trinajstić information content (AvgIpc) is 2.19. The molecular formula is C12H19NO. The Hall–Kier alpha value is -1.18. The lowest BCUT2D eigenvalue weighted by Gasteiger charge is -2.18. The Kier molecular flexibility index (Phi) is 4.30. The maximum Gasteiger partial charge on any atom is 0.115 e. The van der Waals surface area contributed by atoms with Crippen molar-refractivity contribution in [1.29, 1.82) is 0 Å². The summed E-state index contributed by atoms with van der Waals surface area (Å²) >= 11 is 0. The van der Waals surface area contributed by atoms with E-state index in [1.807, 2.05) is 12.1 Å². The number of hydrogen-bond donors (Lipinski definition) is 1. The average molecular weight is 193 g/mol. The fraction of sp³-hybridized carbons (Fsp3) is 0.500. The van der Waals surface area contributed by atoms with Gasteiger partial charge in [0.05, 0.1) is 0 Å². The zero-order valence-electron chi connectivity index (χ0n) is 9.03. The third-order valence-corrected chi connectivity index (χ3v) is 2.39. The summed E-state index contributed by atoms with van der Waals surface area (Å²) in [5.41, 5.74) is 1.17. The van der Waals surface area contributed by atoms with Crippen LogP contribution >= 0.6 is 0 Å². The second kappa shape index (κ2) is 5.53. The van der Waals surface area contributed by atoms with Gasteiger partial charge in [0.2, 0.25) is 0 Å². The topological polar surface area (TPSA) is 23.5 Å². The summed E-state index contributed by atoms with van der Waals surface area (Å²) < 4.78 is 0. The van der Waals surface area contributed by atoms with Crippen molar-refractivity contribution < 1.29 is 5.11 Å². The number of unbranched alkanes of at least 4 members (excludes halogenated alkanes) is 2. The van der Waals surface area contributed by atoms with Crippen molar-refractivity contribution in [2.45, 2.75) is 26.2 Å². The summed E-state index contributed by atoms with van der Waals surface area (Å²) in [6.07, 6.45) is 3.76. The Morgan fingerprint density at radius 3 is 2.36 bits per heavy atom. The molecule has 1 rings (SSSR count). The molecule has 0 amide bonds. The minimum Gasteiger partial charge on any atom is -0.508 e. The molecule has 14 heavy (non-hydrogen) atoms. The van der Waals surface area contributed by atoms with Crippen LogP contribution in [0.5, 0.6) is 5.75 Å². The molecular weight excluding hydrogens is 174 g/mol. The van der Waals surface area contributed by atoms with E-state index in [1.54, 1.807) is 12.1 Å². The summed E-state index contributed by atoms with van der Waals surface area (Å²) in [5, 5.41) is 9.13. The number of nitrogens with zero attached hydrogens (tertiary/aromatic N) is 1. The number of rotatable bonds is 5. The van der Waals surface area contributed by atoms with Gasteiger partial charge in [0.1, 0.15) is 5.75 Å². The van der Waals surface area contributed by atoms with Crippen LogP contribution in [0.25, 0.3) is 0 Å². The first-order valence-electron chi connectivity index (χ1n) is 5.24. The lowest BCUT2D eigenvalue weighted by atomic mass is 10.2. The first kappa shape index (κ1) is 10.9. The Bertz CT molecular complexity index is 256. The molecule has 0 heterocycles. The highest BCUT2D eigenvalue weighted by Gasteiger charge is 1.99. The Balaban J connectivity index is 2.43. The third-order valence-electron chi connectivity index (χ3n) is 2.39. The van der Waals surface area contributed by atoms with Crippen LogP contribution in [0.15, 0.2) is 24.3 Å². The summed E-state index contributed by atoms with van der Waals surface area (Å²) in [6, 6.07) is 7.35. The Morgan fingerprint density at radius 2 is 1.79 bits per heavy atom. The van der Waals surface area contributed by atoms with Crippen LogP contribution in [-0.4, -0.2) is 18.7 Å². The number of hydrogen-bond acceptors (Lipinski definition) is 2. The van der Waals surface area contributed by atoms with Gasteiger partial charge in [-0.3, -0.25) is 0 Å². The molecule has 1 N–H and O–H groups in total. The van der Waals surface area contributed by atoms with Gasteiger partial charge in [-0.15, -0.1) is 0 Å². The quantitative estimate of drug-likeness (QED) is 0.727. The summed E-state index contributed by atoms with van der Waals surface area (Å²) in [5.74, 6) is 0.329. The number of anilines is 1. The second-order valence-electron chi connectivity index (χ2n) is 3.65. The smallest absolute Gasteiger partial charge is 0.115 e. The Labute approximate surface area is 86.2 Å². The Morgan fingerprint density at radius 1 is 1.14 bits per heavy atom. The van der Waals surface area contributed by atoms with Crippen LogP contribution in [0, 0.1) is 0 Å². The van der Waals surface area contributed by atoms with Crippen molar-refractivity contribution in [2.24, 2.45) is 0 Å². The number of phenols is 1. The van der Waals surface area contributed by atoms with Crippen LogP contribution < -0.4 is 4.90 Å². The summed E-state index contributed by atoms with van der Waals surface area (Å²) in [7, 11) is 2.09. The molecule has 0 aliphatic heterocycles. The van der Waals surface area contributed by atoms with E-state index >= 15 is 0 Å². The largest absolute Gasteiger partial charge is 0.508 e. The zero-order chi connectivity index (χ0) is 10.4. The maximum atomic E-state index is 9.13. The second-order valence-corrected chi connectivity index (χ2v) is 3.65. The van der Waals surface area contributed by atoms with Crippen molar-refractivity contribution in [1.82, 2.24) is 0 Å². The molecule has 0 atom stereocenters. The molecule has 0 saturated heterocycles. The van der Waals surface area contributed by atoms with Crippen LogP contribution in [-0.2, 0) is 0 Å². The van der Waals surface area contributed by atoms with Gasteiger partial charge in [0.15, 0.2) is 0 Å². The SMILES string of the molecule is CCCCCN(C)c1ccc(O)cc1. The highest BCUT2D eigenvalue weighted by atomic mass is 16.3. The predicted molar refractivity (Wildman–Crippen MR) is 60.9 cm³/mol. The highest BCUT2D eigenvalue weighted by Crippen LogP contribution is 2.17. The number of benzene rings is 1. The fourth-order valence-electron chi connectivity index (χ4n) is 1.44. The molecule has 0 saturated carbocycles. The van der Waals surface area contributed by atoms with E-state index in [1.165, 1.54) is 24.9 Å².